The first kappa shape index (κ1) is 16.3. The Kier molecular flexibility index (Phi) is 4.44. The standard InChI is InChI=1S/C18H16ClNO4/c1-2-14(21)15-16(11-5-7-12(19)8-6-11)20(18(23)17(15)22)10-13-4-3-9-24-13/h3-9,16,22H,2,10H2,1H3. The van der Waals surface area contributed by atoms with Gasteiger partial charge in [-0.1, -0.05) is 30.7 Å². The molecule has 0 saturated carbocycles. The molecule has 24 heavy (non-hydrogen) atoms. The number of amides is 1. The molecule has 124 valence electrons. The first-order valence-electron chi connectivity index (χ1n) is 7.58. The Morgan fingerprint density at radius 3 is 2.58 bits per heavy atom. The van der Waals surface area contributed by atoms with Crippen molar-refractivity contribution in [3.05, 3.63) is 70.3 Å². The molecule has 1 unspecified atom stereocenters. The molecule has 0 aliphatic carbocycles. The molecule has 5 nitrogen and oxygen atoms in total. The summed E-state index contributed by atoms with van der Waals surface area (Å²) in [5.41, 5.74) is 0.830. The lowest BCUT2D eigenvalue weighted by atomic mass is 9.95. The Balaban J connectivity index is 2.05. The number of furan rings is 1. The van der Waals surface area contributed by atoms with Crippen molar-refractivity contribution >= 4 is 23.3 Å². The van der Waals surface area contributed by atoms with Crippen LogP contribution in [-0.4, -0.2) is 21.7 Å². The minimum absolute atomic E-state index is 0.122. The highest BCUT2D eigenvalue weighted by atomic mass is 35.5. The largest absolute Gasteiger partial charge is 0.503 e. The molecule has 3 rings (SSSR count). The second-order valence-corrected chi connectivity index (χ2v) is 5.94. The summed E-state index contributed by atoms with van der Waals surface area (Å²) in [5.74, 6) is -0.764. The monoisotopic (exact) mass is 345 g/mol. The van der Waals surface area contributed by atoms with E-state index >= 15 is 0 Å². The van der Waals surface area contributed by atoms with Crippen LogP contribution >= 0.6 is 11.6 Å². The summed E-state index contributed by atoms with van der Waals surface area (Å²) >= 11 is 5.93. The second kappa shape index (κ2) is 6.53. The van der Waals surface area contributed by atoms with Gasteiger partial charge in [0, 0.05) is 11.4 Å². The van der Waals surface area contributed by atoms with Crippen molar-refractivity contribution in [3.63, 3.8) is 0 Å². The Hall–Kier alpha value is -2.53. The third kappa shape index (κ3) is 2.83. The third-order valence-electron chi connectivity index (χ3n) is 4.02. The molecule has 2 aromatic rings. The second-order valence-electron chi connectivity index (χ2n) is 5.51. The zero-order valence-corrected chi connectivity index (χ0v) is 13.8. The summed E-state index contributed by atoms with van der Waals surface area (Å²) in [6, 6.07) is 9.67. The number of nitrogens with zero attached hydrogens (tertiary/aromatic N) is 1. The van der Waals surface area contributed by atoms with Crippen molar-refractivity contribution in [2.24, 2.45) is 0 Å². The van der Waals surface area contributed by atoms with Crippen LogP contribution in [0.3, 0.4) is 0 Å². The van der Waals surface area contributed by atoms with Gasteiger partial charge in [0.1, 0.15) is 5.76 Å². The Morgan fingerprint density at radius 2 is 2.00 bits per heavy atom. The molecule has 1 aliphatic rings. The van der Waals surface area contributed by atoms with Crippen molar-refractivity contribution in [1.29, 1.82) is 0 Å². The highest BCUT2D eigenvalue weighted by molar-refractivity contribution is 6.30. The van der Waals surface area contributed by atoms with E-state index in [0.717, 1.165) is 0 Å². The zero-order chi connectivity index (χ0) is 17.3. The lowest BCUT2D eigenvalue weighted by Crippen LogP contribution is -2.30. The molecular formula is C18H16ClNO4. The van der Waals surface area contributed by atoms with Gasteiger partial charge >= 0.3 is 0 Å². The fourth-order valence-electron chi connectivity index (χ4n) is 2.85. The molecule has 0 saturated heterocycles. The molecular weight excluding hydrogens is 330 g/mol. The number of hydrogen-bond acceptors (Lipinski definition) is 4. The fraction of sp³-hybridized carbons (Fsp3) is 0.222. The fourth-order valence-corrected chi connectivity index (χ4v) is 2.98. The molecule has 1 aromatic heterocycles. The number of carbonyl (C=O) groups is 2. The lowest BCUT2D eigenvalue weighted by molar-refractivity contribution is -0.130. The zero-order valence-electron chi connectivity index (χ0n) is 13.0. The molecule has 1 N–H and O–H groups in total. The summed E-state index contributed by atoms with van der Waals surface area (Å²) < 4.78 is 5.30. The van der Waals surface area contributed by atoms with E-state index in [2.05, 4.69) is 0 Å². The van der Waals surface area contributed by atoms with Crippen LogP contribution in [0.4, 0.5) is 0 Å². The first-order chi connectivity index (χ1) is 11.5. The van der Waals surface area contributed by atoms with Gasteiger partial charge in [-0.15, -0.1) is 0 Å². The van der Waals surface area contributed by atoms with E-state index in [0.29, 0.717) is 16.3 Å². The summed E-state index contributed by atoms with van der Waals surface area (Å²) in [7, 11) is 0. The Bertz CT molecular complexity index is 793. The van der Waals surface area contributed by atoms with Gasteiger partial charge in [-0.25, -0.2) is 0 Å². The average Bonchev–Trinajstić information content (AvgIpc) is 3.17. The summed E-state index contributed by atoms with van der Waals surface area (Å²) in [6.07, 6.45) is 1.71. The van der Waals surface area contributed by atoms with E-state index < -0.39 is 17.7 Å². The molecule has 1 aliphatic heterocycles. The van der Waals surface area contributed by atoms with E-state index in [9.17, 15) is 14.7 Å². The minimum atomic E-state index is -0.660. The van der Waals surface area contributed by atoms with E-state index in [-0.39, 0.29) is 24.3 Å². The smallest absolute Gasteiger partial charge is 0.290 e. The van der Waals surface area contributed by atoms with Crippen LogP contribution in [0.1, 0.15) is 30.7 Å². The van der Waals surface area contributed by atoms with Crippen LogP contribution in [-0.2, 0) is 16.1 Å². The van der Waals surface area contributed by atoms with Crippen LogP contribution in [0.25, 0.3) is 0 Å². The van der Waals surface area contributed by atoms with Crippen LogP contribution in [0, 0.1) is 0 Å². The molecule has 0 spiro atoms. The molecule has 0 bridgehead atoms. The molecule has 6 heteroatoms. The predicted molar refractivity (Wildman–Crippen MR) is 88.4 cm³/mol. The van der Waals surface area contributed by atoms with E-state index in [4.69, 9.17) is 16.0 Å². The van der Waals surface area contributed by atoms with Crippen LogP contribution in [0.15, 0.2) is 58.4 Å². The first-order valence-corrected chi connectivity index (χ1v) is 7.95. The number of benzene rings is 1. The van der Waals surface area contributed by atoms with E-state index in [1.54, 1.807) is 43.3 Å². The number of aliphatic hydroxyl groups is 1. The number of ketones is 1. The van der Waals surface area contributed by atoms with Gasteiger partial charge in [0.25, 0.3) is 5.91 Å². The Morgan fingerprint density at radius 1 is 1.29 bits per heavy atom. The number of carbonyl (C=O) groups excluding carboxylic acids is 2. The lowest BCUT2D eigenvalue weighted by Gasteiger charge is -2.26. The highest BCUT2D eigenvalue weighted by Gasteiger charge is 2.43. The van der Waals surface area contributed by atoms with Crippen molar-refractivity contribution in [1.82, 2.24) is 4.90 Å². The maximum absolute atomic E-state index is 12.5. The maximum Gasteiger partial charge on any atom is 0.290 e. The Labute approximate surface area is 144 Å². The van der Waals surface area contributed by atoms with Gasteiger partial charge in [-0.2, -0.15) is 0 Å². The van der Waals surface area contributed by atoms with Gasteiger partial charge in [0.15, 0.2) is 11.5 Å². The number of Topliss-reactive ketones (excluding diaryl/α,β-unsaturated/α-hetero) is 1. The summed E-state index contributed by atoms with van der Waals surface area (Å²) in [4.78, 5) is 26.3. The molecule has 0 radical (unpaired) electrons. The van der Waals surface area contributed by atoms with Gasteiger partial charge in [0.2, 0.25) is 0 Å². The van der Waals surface area contributed by atoms with Crippen molar-refractivity contribution in [2.75, 3.05) is 0 Å². The van der Waals surface area contributed by atoms with Crippen molar-refractivity contribution < 1.29 is 19.1 Å². The maximum atomic E-state index is 12.5. The van der Waals surface area contributed by atoms with Crippen molar-refractivity contribution in [2.45, 2.75) is 25.9 Å². The predicted octanol–water partition coefficient (Wildman–Crippen LogP) is 3.81. The normalized spacial score (nSPS) is 17.7. The third-order valence-corrected chi connectivity index (χ3v) is 4.27. The molecule has 2 heterocycles. The summed E-state index contributed by atoms with van der Waals surface area (Å²) in [5, 5.41) is 10.8. The van der Waals surface area contributed by atoms with Gasteiger partial charge in [0.05, 0.1) is 24.4 Å². The van der Waals surface area contributed by atoms with Gasteiger partial charge in [-0.3, -0.25) is 9.59 Å². The van der Waals surface area contributed by atoms with Gasteiger partial charge in [-0.05, 0) is 29.8 Å². The number of rotatable bonds is 5. The topological polar surface area (TPSA) is 70.8 Å². The van der Waals surface area contributed by atoms with Crippen LogP contribution < -0.4 is 0 Å². The molecule has 1 aromatic carbocycles. The van der Waals surface area contributed by atoms with E-state index in [1.807, 2.05) is 0 Å². The minimum Gasteiger partial charge on any atom is -0.503 e. The average molecular weight is 346 g/mol. The molecule has 0 fully saturated rings. The highest BCUT2D eigenvalue weighted by Crippen LogP contribution is 2.39. The number of halogens is 1. The summed E-state index contributed by atoms with van der Waals surface area (Å²) in [6.45, 7) is 1.85. The van der Waals surface area contributed by atoms with E-state index in [1.165, 1.54) is 11.2 Å². The quantitative estimate of drug-likeness (QED) is 0.894. The van der Waals surface area contributed by atoms with Crippen molar-refractivity contribution in [3.8, 4) is 0 Å². The molecule has 1 atom stereocenters. The number of hydrogen-bond donors (Lipinski definition) is 1. The van der Waals surface area contributed by atoms with Crippen LogP contribution in [0.2, 0.25) is 5.02 Å². The SMILES string of the molecule is CCC(=O)C1=C(O)C(=O)N(Cc2ccco2)C1c1ccc(Cl)cc1. The van der Waals surface area contributed by atoms with Gasteiger partial charge < -0.3 is 14.4 Å². The molecule has 1 amide bonds. The van der Waals surface area contributed by atoms with Crippen LogP contribution in [0.5, 0.6) is 0 Å². The number of aliphatic hydroxyl groups excluding tert-OH is 1.